The molecular weight excluding hydrogens is 252 g/mol. The quantitative estimate of drug-likeness (QED) is 0.875. The lowest BCUT2D eigenvalue weighted by Gasteiger charge is -2.14. The summed E-state index contributed by atoms with van der Waals surface area (Å²) in [5, 5.41) is 3.26. The van der Waals surface area contributed by atoms with E-state index in [0.29, 0.717) is 11.7 Å². The summed E-state index contributed by atoms with van der Waals surface area (Å²) < 4.78 is 5.55. The summed E-state index contributed by atoms with van der Waals surface area (Å²) in [6.45, 7) is 5.87. The van der Waals surface area contributed by atoms with E-state index >= 15 is 0 Å². The molecule has 0 saturated heterocycles. The van der Waals surface area contributed by atoms with E-state index in [-0.39, 0.29) is 12.1 Å². The number of anilines is 2. The number of benzene rings is 1. The molecule has 0 aliphatic carbocycles. The number of hydrogen-bond donors (Lipinski definition) is 2. The Bertz CT molecular complexity index is 569. The van der Waals surface area contributed by atoms with E-state index < -0.39 is 0 Å². The largest absolute Gasteiger partial charge is 0.475 e. The van der Waals surface area contributed by atoms with Gasteiger partial charge in [0.25, 0.3) is 0 Å². The number of nitrogens with one attached hydrogen (secondary N) is 1. The first-order valence-corrected chi connectivity index (χ1v) is 6.66. The molecule has 1 aromatic carbocycles. The molecule has 0 radical (unpaired) electrons. The minimum Gasteiger partial charge on any atom is -0.475 e. The van der Waals surface area contributed by atoms with Crippen LogP contribution in [0.4, 0.5) is 11.5 Å². The lowest BCUT2D eigenvalue weighted by Crippen LogP contribution is -2.09. The first-order chi connectivity index (χ1) is 9.56. The van der Waals surface area contributed by atoms with Crippen LogP contribution in [0, 0.1) is 0 Å². The van der Waals surface area contributed by atoms with Gasteiger partial charge in [0.05, 0.1) is 6.10 Å². The molecule has 106 valence electrons. The molecule has 0 bridgehead atoms. The van der Waals surface area contributed by atoms with E-state index in [1.807, 2.05) is 45.0 Å². The average molecular weight is 272 g/mol. The van der Waals surface area contributed by atoms with Gasteiger partial charge in [-0.2, -0.15) is 0 Å². The number of rotatable bonds is 5. The second kappa shape index (κ2) is 6.34. The lowest BCUT2D eigenvalue weighted by atomic mass is 10.1. The number of hydrogen-bond acceptors (Lipinski definition) is 5. The third-order valence-corrected chi connectivity index (χ3v) is 2.71. The Labute approximate surface area is 119 Å². The normalized spacial score (nSPS) is 12.2. The summed E-state index contributed by atoms with van der Waals surface area (Å²) in [7, 11) is 0. The summed E-state index contributed by atoms with van der Waals surface area (Å²) in [5.41, 5.74) is 7.95. The molecule has 1 aromatic heterocycles. The lowest BCUT2D eigenvalue weighted by molar-refractivity contribution is 0.232. The Balaban J connectivity index is 2.22. The smallest absolute Gasteiger partial charge is 0.218 e. The van der Waals surface area contributed by atoms with E-state index in [9.17, 15) is 0 Å². The maximum atomic E-state index is 5.97. The van der Waals surface area contributed by atoms with Crippen molar-refractivity contribution in [3.63, 3.8) is 0 Å². The van der Waals surface area contributed by atoms with Crippen LogP contribution in [0.1, 0.15) is 32.4 Å². The second-order valence-electron chi connectivity index (χ2n) is 4.91. The van der Waals surface area contributed by atoms with Crippen molar-refractivity contribution >= 4 is 11.5 Å². The van der Waals surface area contributed by atoms with Crippen LogP contribution in [0.2, 0.25) is 0 Å². The number of para-hydroxylation sites is 1. The molecule has 0 saturated carbocycles. The third-order valence-electron chi connectivity index (χ3n) is 2.71. The number of ether oxygens (including phenoxy) is 1. The summed E-state index contributed by atoms with van der Waals surface area (Å²) in [5.74, 6) is 1.24. The third kappa shape index (κ3) is 3.68. The van der Waals surface area contributed by atoms with Crippen molar-refractivity contribution < 1.29 is 4.74 Å². The zero-order valence-corrected chi connectivity index (χ0v) is 12.0. The highest BCUT2D eigenvalue weighted by Gasteiger charge is 2.08. The molecule has 1 unspecified atom stereocenters. The predicted octanol–water partition coefficient (Wildman–Crippen LogP) is 3.03. The molecular formula is C15H20N4O. The van der Waals surface area contributed by atoms with Crippen molar-refractivity contribution in [3.05, 3.63) is 42.2 Å². The molecule has 2 rings (SSSR count). The summed E-state index contributed by atoms with van der Waals surface area (Å²) in [6, 6.07) is 9.63. The van der Waals surface area contributed by atoms with Crippen LogP contribution in [0.3, 0.4) is 0 Å². The Kier molecular flexibility index (Phi) is 4.53. The molecule has 3 N–H and O–H groups in total. The van der Waals surface area contributed by atoms with Gasteiger partial charge in [-0.1, -0.05) is 18.2 Å². The molecule has 0 spiro atoms. The zero-order chi connectivity index (χ0) is 14.5. The van der Waals surface area contributed by atoms with Crippen molar-refractivity contribution in [3.8, 4) is 5.88 Å². The molecule has 5 nitrogen and oxygen atoms in total. The maximum absolute atomic E-state index is 5.97. The first-order valence-electron chi connectivity index (χ1n) is 6.66. The van der Waals surface area contributed by atoms with Gasteiger partial charge in [-0.15, -0.1) is 0 Å². The molecule has 5 heteroatoms. The van der Waals surface area contributed by atoms with Gasteiger partial charge >= 0.3 is 0 Å². The summed E-state index contributed by atoms with van der Waals surface area (Å²) in [4.78, 5) is 8.28. The van der Waals surface area contributed by atoms with Crippen LogP contribution < -0.4 is 15.8 Å². The highest BCUT2D eigenvalue weighted by atomic mass is 16.5. The zero-order valence-electron chi connectivity index (χ0n) is 12.0. The van der Waals surface area contributed by atoms with E-state index in [0.717, 1.165) is 11.3 Å². The molecule has 0 aliphatic heterocycles. The molecule has 1 atom stereocenters. The first kappa shape index (κ1) is 14.3. The van der Waals surface area contributed by atoms with Crippen LogP contribution >= 0.6 is 0 Å². The molecule has 1 heterocycles. The number of nitrogens with zero attached hydrogens (tertiary/aromatic N) is 2. The van der Waals surface area contributed by atoms with Gasteiger partial charge in [-0.05, 0) is 32.4 Å². The Hall–Kier alpha value is -2.14. The Morgan fingerprint density at radius 2 is 1.90 bits per heavy atom. The standard InChI is InChI=1S/C15H20N4O/c1-10(2)20-15-8-14(17-9-18-15)19-13-7-5-4-6-12(13)11(3)16/h4-11H,16H2,1-3H3,(H,17,18,19). The Morgan fingerprint density at radius 1 is 1.15 bits per heavy atom. The summed E-state index contributed by atoms with van der Waals surface area (Å²) >= 11 is 0. The van der Waals surface area contributed by atoms with Gasteiger partial charge in [0.2, 0.25) is 5.88 Å². The van der Waals surface area contributed by atoms with E-state index in [4.69, 9.17) is 10.5 Å². The maximum Gasteiger partial charge on any atom is 0.218 e. The highest BCUT2D eigenvalue weighted by Crippen LogP contribution is 2.24. The molecule has 20 heavy (non-hydrogen) atoms. The molecule has 0 amide bonds. The molecule has 0 fully saturated rings. The Morgan fingerprint density at radius 3 is 2.60 bits per heavy atom. The average Bonchev–Trinajstić information content (AvgIpc) is 2.38. The van der Waals surface area contributed by atoms with Crippen LogP contribution in [-0.4, -0.2) is 16.1 Å². The summed E-state index contributed by atoms with van der Waals surface area (Å²) in [6.07, 6.45) is 1.56. The van der Waals surface area contributed by atoms with Gasteiger partial charge in [0, 0.05) is 17.8 Å². The molecule has 2 aromatic rings. The van der Waals surface area contributed by atoms with E-state index in [1.54, 1.807) is 6.07 Å². The van der Waals surface area contributed by atoms with Gasteiger partial charge in [-0.25, -0.2) is 9.97 Å². The van der Waals surface area contributed by atoms with Crippen molar-refractivity contribution in [2.24, 2.45) is 5.73 Å². The number of nitrogens with two attached hydrogens (primary N) is 1. The second-order valence-corrected chi connectivity index (χ2v) is 4.91. The van der Waals surface area contributed by atoms with Gasteiger partial charge in [0.1, 0.15) is 12.1 Å². The van der Waals surface area contributed by atoms with Crippen LogP contribution in [-0.2, 0) is 0 Å². The number of aromatic nitrogens is 2. The fourth-order valence-electron chi connectivity index (χ4n) is 1.86. The van der Waals surface area contributed by atoms with E-state index in [1.165, 1.54) is 6.33 Å². The van der Waals surface area contributed by atoms with Crippen molar-refractivity contribution in [1.29, 1.82) is 0 Å². The van der Waals surface area contributed by atoms with Crippen molar-refractivity contribution in [2.45, 2.75) is 32.9 Å². The SMILES string of the molecule is CC(C)Oc1cc(Nc2ccccc2C(C)N)ncn1. The van der Waals surface area contributed by atoms with Gasteiger partial charge in [0.15, 0.2) is 0 Å². The predicted molar refractivity (Wildman–Crippen MR) is 80.1 cm³/mol. The van der Waals surface area contributed by atoms with Gasteiger partial charge in [-0.3, -0.25) is 0 Å². The molecule has 0 aliphatic rings. The fraction of sp³-hybridized carbons (Fsp3) is 0.333. The topological polar surface area (TPSA) is 73.1 Å². The monoisotopic (exact) mass is 272 g/mol. The van der Waals surface area contributed by atoms with E-state index in [2.05, 4.69) is 15.3 Å². The van der Waals surface area contributed by atoms with Crippen LogP contribution in [0.5, 0.6) is 5.88 Å². The minimum absolute atomic E-state index is 0.0491. The van der Waals surface area contributed by atoms with Crippen LogP contribution in [0.25, 0.3) is 0 Å². The van der Waals surface area contributed by atoms with Crippen molar-refractivity contribution in [2.75, 3.05) is 5.32 Å². The van der Waals surface area contributed by atoms with Gasteiger partial charge < -0.3 is 15.8 Å². The minimum atomic E-state index is -0.0491. The van der Waals surface area contributed by atoms with Crippen LogP contribution in [0.15, 0.2) is 36.7 Å². The highest BCUT2D eigenvalue weighted by molar-refractivity contribution is 5.61. The fourth-order valence-corrected chi connectivity index (χ4v) is 1.86. The van der Waals surface area contributed by atoms with Crippen molar-refractivity contribution in [1.82, 2.24) is 9.97 Å².